The van der Waals surface area contributed by atoms with E-state index >= 15 is 0 Å². The van der Waals surface area contributed by atoms with Crippen LogP contribution in [0.5, 0.6) is 0 Å². The summed E-state index contributed by atoms with van der Waals surface area (Å²) in [7, 11) is 0. The topological polar surface area (TPSA) is 101 Å². The molecule has 0 unspecified atom stereocenters. The van der Waals surface area contributed by atoms with Gasteiger partial charge in [-0.15, -0.1) is 22.7 Å². The third kappa shape index (κ3) is 2.78. The minimum absolute atomic E-state index is 0.166. The zero-order chi connectivity index (χ0) is 15.7. The molecule has 0 bridgehead atoms. The number of amides is 2. The highest BCUT2D eigenvalue weighted by Gasteiger charge is 2.14. The van der Waals surface area contributed by atoms with E-state index < -0.39 is 5.91 Å². The molecule has 0 aliphatic heterocycles. The van der Waals surface area contributed by atoms with E-state index in [-0.39, 0.29) is 5.91 Å². The second-order valence-corrected chi connectivity index (χ2v) is 6.37. The van der Waals surface area contributed by atoms with Crippen LogP contribution in [0.15, 0.2) is 29.1 Å². The summed E-state index contributed by atoms with van der Waals surface area (Å²) in [6, 6.07) is 3.53. The van der Waals surface area contributed by atoms with Gasteiger partial charge in [-0.25, -0.2) is 4.98 Å². The maximum Gasteiger partial charge on any atom is 0.267 e. The number of anilines is 1. The standard InChI is InChI=1S/C14H12N4O2S2/c1-7-2-3-21-11(7)13(20)18-14-17-10(6-22-14)8-4-9(12(15)19)16-5-8/h2-6,16H,1H3,(H2,15,19)(H,17,18,20). The lowest BCUT2D eigenvalue weighted by molar-refractivity contribution is 0.0994. The number of hydrogen-bond acceptors (Lipinski definition) is 5. The summed E-state index contributed by atoms with van der Waals surface area (Å²) in [6.07, 6.45) is 1.66. The highest BCUT2D eigenvalue weighted by atomic mass is 32.1. The van der Waals surface area contributed by atoms with Gasteiger partial charge in [0.05, 0.1) is 10.6 Å². The molecule has 0 saturated heterocycles. The molecule has 3 rings (SSSR count). The van der Waals surface area contributed by atoms with E-state index in [4.69, 9.17) is 5.73 Å². The average Bonchev–Trinajstić information content (AvgIpc) is 3.16. The van der Waals surface area contributed by atoms with Crippen LogP contribution in [0, 0.1) is 6.92 Å². The van der Waals surface area contributed by atoms with Crippen LogP contribution >= 0.6 is 22.7 Å². The number of nitrogens with two attached hydrogens (primary N) is 1. The molecule has 0 fully saturated rings. The van der Waals surface area contributed by atoms with Gasteiger partial charge in [0, 0.05) is 17.1 Å². The third-order valence-electron chi connectivity index (χ3n) is 3.04. The smallest absolute Gasteiger partial charge is 0.267 e. The quantitative estimate of drug-likeness (QED) is 0.684. The number of H-pyrrole nitrogens is 1. The first-order valence-electron chi connectivity index (χ1n) is 6.34. The van der Waals surface area contributed by atoms with Gasteiger partial charge in [0.25, 0.3) is 11.8 Å². The molecule has 0 aliphatic carbocycles. The Hall–Kier alpha value is -2.45. The first kappa shape index (κ1) is 14.5. The van der Waals surface area contributed by atoms with E-state index in [0.29, 0.717) is 21.4 Å². The molecular weight excluding hydrogens is 320 g/mol. The molecule has 3 aromatic heterocycles. The summed E-state index contributed by atoms with van der Waals surface area (Å²) < 4.78 is 0. The largest absolute Gasteiger partial charge is 0.364 e. The number of nitrogens with one attached hydrogen (secondary N) is 2. The van der Waals surface area contributed by atoms with E-state index in [0.717, 1.165) is 11.1 Å². The number of nitrogens with zero attached hydrogens (tertiary/aromatic N) is 1. The van der Waals surface area contributed by atoms with Crippen molar-refractivity contribution in [2.24, 2.45) is 5.73 Å². The molecule has 0 atom stereocenters. The predicted molar refractivity (Wildman–Crippen MR) is 87.4 cm³/mol. The van der Waals surface area contributed by atoms with Gasteiger partial charge >= 0.3 is 0 Å². The highest BCUT2D eigenvalue weighted by molar-refractivity contribution is 7.14. The van der Waals surface area contributed by atoms with E-state index in [9.17, 15) is 9.59 Å². The normalized spacial score (nSPS) is 10.6. The van der Waals surface area contributed by atoms with E-state index in [2.05, 4.69) is 15.3 Å². The van der Waals surface area contributed by atoms with Gasteiger partial charge in [0.15, 0.2) is 5.13 Å². The van der Waals surface area contributed by atoms with Gasteiger partial charge in [-0.3, -0.25) is 14.9 Å². The second-order valence-electron chi connectivity index (χ2n) is 4.59. The van der Waals surface area contributed by atoms with Crippen LogP contribution in [-0.4, -0.2) is 21.8 Å². The fourth-order valence-electron chi connectivity index (χ4n) is 1.91. The molecule has 3 aromatic rings. The van der Waals surface area contributed by atoms with Crippen molar-refractivity contribution >= 4 is 39.6 Å². The number of primary amides is 1. The zero-order valence-electron chi connectivity index (χ0n) is 11.5. The minimum Gasteiger partial charge on any atom is -0.364 e. The lowest BCUT2D eigenvalue weighted by Gasteiger charge is -1.99. The lowest BCUT2D eigenvalue weighted by Crippen LogP contribution is -2.11. The Morgan fingerprint density at radius 2 is 2.18 bits per heavy atom. The van der Waals surface area contributed by atoms with Gasteiger partial charge in [-0.2, -0.15) is 0 Å². The molecular formula is C14H12N4O2S2. The van der Waals surface area contributed by atoms with Gasteiger partial charge in [0.2, 0.25) is 0 Å². The van der Waals surface area contributed by atoms with E-state index in [1.807, 2.05) is 23.8 Å². The number of thiophene rings is 1. The first-order valence-corrected chi connectivity index (χ1v) is 8.10. The number of aromatic nitrogens is 2. The molecule has 2 amide bonds. The summed E-state index contributed by atoms with van der Waals surface area (Å²) in [4.78, 5) is 31.0. The first-order chi connectivity index (χ1) is 10.5. The number of carbonyl (C=O) groups excluding carboxylic acids is 2. The van der Waals surface area contributed by atoms with Crippen LogP contribution in [-0.2, 0) is 0 Å². The Balaban J connectivity index is 1.77. The Bertz CT molecular complexity index is 847. The van der Waals surface area contributed by atoms with Crippen molar-refractivity contribution in [1.29, 1.82) is 0 Å². The molecule has 0 aromatic carbocycles. The van der Waals surface area contributed by atoms with Crippen molar-refractivity contribution in [3.63, 3.8) is 0 Å². The second kappa shape index (κ2) is 5.74. The SMILES string of the molecule is Cc1ccsc1C(=O)Nc1nc(-c2c[nH]c(C(N)=O)c2)cs1. The number of carbonyl (C=O) groups is 2. The highest BCUT2D eigenvalue weighted by Crippen LogP contribution is 2.26. The maximum absolute atomic E-state index is 12.1. The van der Waals surface area contributed by atoms with E-state index in [1.165, 1.54) is 22.7 Å². The van der Waals surface area contributed by atoms with Gasteiger partial charge < -0.3 is 10.7 Å². The molecule has 0 aliphatic rings. The lowest BCUT2D eigenvalue weighted by atomic mass is 10.2. The summed E-state index contributed by atoms with van der Waals surface area (Å²) >= 11 is 2.72. The molecule has 6 nitrogen and oxygen atoms in total. The van der Waals surface area contributed by atoms with Crippen LogP contribution in [0.25, 0.3) is 11.3 Å². The summed E-state index contributed by atoms with van der Waals surface area (Å²) in [5.41, 5.74) is 7.88. The number of aryl methyl sites for hydroxylation is 1. The Kier molecular flexibility index (Phi) is 3.78. The van der Waals surface area contributed by atoms with Crippen molar-refractivity contribution in [3.05, 3.63) is 45.2 Å². The fourth-order valence-corrected chi connectivity index (χ4v) is 3.44. The van der Waals surface area contributed by atoms with Crippen LogP contribution in [0.1, 0.15) is 25.7 Å². The Morgan fingerprint density at radius 1 is 1.36 bits per heavy atom. The van der Waals surface area contributed by atoms with Gasteiger partial charge in [-0.05, 0) is 30.0 Å². The zero-order valence-corrected chi connectivity index (χ0v) is 13.2. The third-order valence-corrected chi connectivity index (χ3v) is 4.81. The number of rotatable bonds is 4. The summed E-state index contributed by atoms with van der Waals surface area (Å²) in [5.74, 6) is -0.691. The number of thiazole rings is 1. The predicted octanol–water partition coefficient (Wildman–Crippen LogP) is 2.86. The van der Waals surface area contributed by atoms with Crippen LogP contribution < -0.4 is 11.1 Å². The Labute approximate surface area is 134 Å². The van der Waals surface area contributed by atoms with Crippen molar-refractivity contribution < 1.29 is 9.59 Å². The Morgan fingerprint density at radius 3 is 2.82 bits per heavy atom. The van der Waals surface area contributed by atoms with Crippen molar-refractivity contribution in [2.45, 2.75) is 6.92 Å². The van der Waals surface area contributed by atoms with Crippen LogP contribution in [0.4, 0.5) is 5.13 Å². The minimum atomic E-state index is -0.525. The summed E-state index contributed by atoms with van der Waals surface area (Å²) in [5, 5.41) is 6.98. The monoisotopic (exact) mass is 332 g/mol. The van der Waals surface area contributed by atoms with Crippen LogP contribution in [0.2, 0.25) is 0 Å². The van der Waals surface area contributed by atoms with E-state index in [1.54, 1.807) is 12.3 Å². The number of aromatic amines is 1. The average molecular weight is 332 g/mol. The van der Waals surface area contributed by atoms with Crippen LogP contribution in [0.3, 0.4) is 0 Å². The molecule has 4 N–H and O–H groups in total. The van der Waals surface area contributed by atoms with Gasteiger partial charge in [0.1, 0.15) is 5.69 Å². The van der Waals surface area contributed by atoms with Crippen molar-refractivity contribution in [3.8, 4) is 11.3 Å². The van der Waals surface area contributed by atoms with Gasteiger partial charge in [-0.1, -0.05) is 0 Å². The maximum atomic E-state index is 12.1. The summed E-state index contributed by atoms with van der Waals surface area (Å²) in [6.45, 7) is 1.89. The van der Waals surface area contributed by atoms with Crippen molar-refractivity contribution in [1.82, 2.24) is 9.97 Å². The number of hydrogen-bond donors (Lipinski definition) is 3. The molecule has 112 valence electrons. The fraction of sp³-hybridized carbons (Fsp3) is 0.0714. The molecule has 3 heterocycles. The van der Waals surface area contributed by atoms with Crippen molar-refractivity contribution in [2.75, 3.05) is 5.32 Å². The molecule has 0 radical (unpaired) electrons. The molecule has 0 saturated carbocycles. The molecule has 8 heteroatoms. The molecule has 0 spiro atoms. The molecule has 22 heavy (non-hydrogen) atoms.